The molecular weight excluding hydrogens is 280 g/mol. The summed E-state index contributed by atoms with van der Waals surface area (Å²) in [6.07, 6.45) is 6.01. The molecule has 0 fully saturated rings. The van der Waals surface area contributed by atoms with Gasteiger partial charge in [0.05, 0.1) is 6.04 Å². The lowest BCUT2D eigenvalue weighted by atomic mass is 10.0. The molecule has 112 valence electrons. The van der Waals surface area contributed by atoms with Crippen LogP contribution < -0.4 is 0 Å². The van der Waals surface area contributed by atoms with Crippen molar-refractivity contribution in [1.82, 2.24) is 29.9 Å². The fourth-order valence-corrected chi connectivity index (χ4v) is 2.52. The molecule has 3 aromatic heterocycles. The van der Waals surface area contributed by atoms with Crippen molar-refractivity contribution in [2.24, 2.45) is 0 Å². The molecule has 0 aliphatic carbocycles. The molecule has 1 atom stereocenters. The Labute approximate surface area is 127 Å². The highest BCUT2D eigenvalue weighted by Gasteiger charge is 2.22. The van der Waals surface area contributed by atoms with E-state index in [2.05, 4.69) is 20.5 Å². The van der Waals surface area contributed by atoms with E-state index in [1.807, 2.05) is 19.1 Å². The number of amides is 1. The fourth-order valence-electron chi connectivity index (χ4n) is 2.52. The van der Waals surface area contributed by atoms with Gasteiger partial charge in [0.25, 0.3) is 5.91 Å². The van der Waals surface area contributed by atoms with Crippen molar-refractivity contribution < 1.29 is 4.79 Å². The van der Waals surface area contributed by atoms with Crippen LogP contribution in [0.15, 0.2) is 42.9 Å². The summed E-state index contributed by atoms with van der Waals surface area (Å²) in [6.45, 7) is 2.05. The predicted molar refractivity (Wildman–Crippen MR) is 80.1 cm³/mol. The van der Waals surface area contributed by atoms with Crippen LogP contribution in [0.3, 0.4) is 0 Å². The third-order valence-corrected chi connectivity index (χ3v) is 3.69. The van der Waals surface area contributed by atoms with Crippen molar-refractivity contribution in [2.45, 2.75) is 19.4 Å². The lowest BCUT2D eigenvalue weighted by Crippen LogP contribution is -2.31. The monoisotopic (exact) mass is 296 g/mol. The molecule has 0 bridgehead atoms. The third-order valence-electron chi connectivity index (χ3n) is 3.69. The lowest BCUT2D eigenvalue weighted by molar-refractivity contribution is 0.0726. The summed E-state index contributed by atoms with van der Waals surface area (Å²) >= 11 is 0. The van der Waals surface area contributed by atoms with E-state index < -0.39 is 0 Å². The van der Waals surface area contributed by atoms with E-state index in [1.165, 1.54) is 4.52 Å². The summed E-state index contributed by atoms with van der Waals surface area (Å²) in [6, 6.07) is 7.25. The molecule has 1 amide bonds. The molecule has 7 nitrogen and oxygen atoms in total. The zero-order valence-corrected chi connectivity index (χ0v) is 12.4. The average molecular weight is 296 g/mol. The maximum absolute atomic E-state index is 12.7. The number of rotatable bonds is 4. The molecule has 0 saturated heterocycles. The van der Waals surface area contributed by atoms with Crippen LogP contribution in [0.25, 0.3) is 5.65 Å². The molecule has 1 unspecified atom stereocenters. The minimum absolute atomic E-state index is 0.0200. The van der Waals surface area contributed by atoms with Crippen LogP contribution in [0, 0.1) is 0 Å². The summed E-state index contributed by atoms with van der Waals surface area (Å²) in [5.74, 6) is -0.0683. The van der Waals surface area contributed by atoms with Gasteiger partial charge in [-0.3, -0.25) is 9.78 Å². The van der Waals surface area contributed by atoms with Crippen molar-refractivity contribution in [3.05, 3.63) is 54.0 Å². The Balaban J connectivity index is 1.89. The quantitative estimate of drug-likeness (QED) is 0.733. The summed E-state index contributed by atoms with van der Waals surface area (Å²) < 4.78 is 1.52. The Morgan fingerprint density at radius 3 is 3.00 bits per heavy atom. The van der Waals surface area contributed by atoms with E-state index in [0.29, 0.717) is 11.2 Å². The van der Waals surface area contributed by atoms with Gasteiger partial charge in [0.15, 0.2) is 5.65 Å². The normalized spacial score (nSPS) is 12.3. The van der Waals surface area contributed by atoms with Gasteiger partial charge in [-0.25, -0.2) is 4.52 Å². The van der Waals surface area contributed by atoms with Gasteiger partial charge in [0.1, 0.15) is 0 Å². The summed E-state index contributed by atoms with van der Waals surface area (Å²) in [7, 11) is 1.80. The van der Waals surface area contributed by atoms with Gasteiger partial charge >= 0.3 is 0 Å². The number of pyridine rings is 2. The number of tetrazole rings is 1. The summed E-state index contributed by atoms with van der Waals surface area (Å²) in [5.41, 5.74) is 2.13. The van der Waals surface area contributed by atoms with Gasteiger partial charge < -0.3 is 4.90 Å². The van der Waals surface area contributed by atoms with Crippen LogP contribution in [-0.4, -0.2) is 42.9 Å². The minimum atomic E-state index is -0.0683. The van der Waals surface area contributed by atoms with Gasteiger partial charge in [-0.15, -0.1) is 5.10 Å². The Hall–Kier alpha value is -2.83. The molecule has 7 heteroatoms. The molecule has 3 aromatic rings. The molecule has 0 aromatic carbocycles. The van der Waals surface area contributed by atoms with Gasteiger partial charge in [-0.2, -0.15) is 0 Å². The molecular formula is C15H16N6O. The van der Waals surface area contributed by atoms with E-state index >= 15 is 0 Å². The van der Waals surface area contributed by atoms with E-state index in [9.17, 15) is 4.79 Å². The van der Waals surface area contributed by atoms with Crippen LogP contribution in [0.1, 0.15) is 35.3 Å². The second-order valence-electron chi connectivity index (χ2n) is 5.02. The van der Waals surface area contributed by atoms with Crippen LogP contribution in [-0.2, 0) is 0 Å². The fraction of sp³-hybridized carbons (Fsp3) is 0.267. The zero-order chi connectivity index (χ0) is 15.5. The van der Waals surface area contributed by atoms with E-state index in [0.717, 1.165) is 12.0 Å². The van der Waals surface area contributed by atoms with Crippen LogP contribution in [0.5, 0.6) is 0 Å². The van der Waals surface area contributed by atoms with E-state index in [1.54, 1.807) is 42.7 Å². The second-order valence-corrected chi connectivity index (χ2v) is 5.02. The van der Waals surface area contributed by atoms with Crippen molar-refractivity contribution in [1.29, 1.82) is 0 Å². The first kappa shape index (κ1) is 14.1. The number of aromatic nitrogens is 5. The number of hydrogen-bond acceptors (Lipinski definition) is 5. The molecule has 3 rings (SSSR count). The number of nitrogens with zero attached hydrogens (tertiary/aromatic N) is 6. The summed E-state index contributed by atoms with van der Waals surface area (Å²) in [4.78, 5) is 18.6. The van der Waals surface area contributed by atoms with Crippen molar-refractivity contribution in [3.8, 4) is 0 Å². The standard InChI is InChI=1S/C15H16N6O/c1-3-13(12-5-4-7-16-10-12)20(2)15(22)11-6-8-21-14(9-11)17-18-19-21/h4-10,13H,3H2,1-2H3. The second kappa shape index (κ2) is 5.88. The molecule has 3 heterocycles. The number of fused-ring (bicyclic) bond motifs is 1. The molecule has 0 radical (unpaired) electrons. The van der Waals surface area contributed by atoms with Crippen molar-refractivity contribution in [2.75, 3.05) is 7.05 Å². The largest absolute Gasteiger partial charge is 0.335 e. The Morgan fingerprint density at radius 2 is 2.27 bits per heavy atom. The first-order valence-corrected chi connectivity index (χ1v) is 7.05. The van der Waals surface area contributed by atoms with Crippen LogP contribution in [0.4, 0.5) is 0 Å². The Kier molecular flexibility index (Phi) is 3.78. The predicted octanol–water partition coefficient (Wildman–Crippen LogP) is 1.74. The Morgan fingerprint density at radius 1 is 1.41 bits per heavy atom. The maximum atomic E-state index is 12.7. The Bertz CT molecular complexity index is 785. The van der Waals surface area contributed by atoms with E-state index in [-0.39, 0.29) is 11.9 Å². The lowest BCUT2D eigenvalue weighted by Gasteiger charge is -2.27. The third kappa shape index (κ3) is 2.52. The first-order chi connectivity index (χ1) is 10.7. The minimum Gasteiger partial charge on any atom is -0.335 e. The smallest absolute Gasteiger partial charge is 0.254 e. The summed E-state index contributed by atoms with van der Waals surface area (Å²) in [5, 5.41) is 11.2. The first-order valence-electron chi connectivity index (χ1n) is 7.05. The van der Waals surface area contributed by atoms with Crippen molar-refractivity contribution >= 4 is 11.6 Å². The number of carbonyl (C=O) groups excluding carboxylic acids is 1. The topological polar surface area (TPSA) is 76.3 Å². The molecule has 0 aliphatic rings. The molecule has 0 spiro atoms. The van der Waals surface area contributed by atoms with Crippen LogP contribution >= 0.6 is 0 Å². The number of hydrogen-bond donors (Lipinski definition) is 0. The maximum Gasteiger partial charge on any atom is 0.254 e. The van der Waals surface area contributed by atoms with Gasteiger partial charge in [0, 0.05) is 31.2 Å². The zero-order valence-electron chi connectivity index (χ0n) is 12.4. The highest BCUT2D eigenvalue weighted by Crippen LogP contribution is 2.23. The van der Waals surface area contributed by atoms with Crippen LogP contribution in [0.2, 0.25) is 0 Å². The van der Waals surface area contributed by atoms with Gasteiger partial charge in [-0.1, -0.05) is 13.0 Å². The van der Waals surface area contributed by atoms with Gasteiger partial charge in [-0.05, 0) is 40.6 Å². The molecule has 22 heavy (non-hydrogen) atoms. The highest BCUT2D eigenvalue weighted by molar-refractivity contribution is 5.95. The molecule has 0 N–H and O–H groups in total. The SMILES string of the molecule is CCC(c1cccnc1)N(C)C(=O)c1ccn2nnnc2c1. The molecule has 0 saturated carbocycles. The molecule has 0 aliphatic heterocycles. The van der Waals surface area contributed by atoms with Gasteiger partial charge in [0.2, 0.25) is 0 Å². The van der Waals surface area contributed by atoms with Crippen molar-refractivity contribution in [3.63, 3.8) is 0 Å². The number of carbonyl (C=O) groups is 1. The van der Waals surface area contributed by atoms with E-state index in [4.69, 9.17) is 0 Å². The highest BCUT2D eigenvalue weighted by atomic mass is 16.2. The average Bonchev–Trinajstić information content (AvgIpc) is 3.03.